The highest BCUT2D eigenvalue weighted by atomic mass is 35.5. The summed E-state index contributed by atoms with van der Waals surface area (Å²) < 4.78 is 117. The first kappa shape index (κ1) is 42.8. The normalized spacial score (nSPS) is 15.3. The highest BCUT2D eigenvalue weighted by molar-refractivity contribution is 7.92. The van der Waals surface area contributed by atoms with Gasteiger partial charge >= 0.3 is 18.1 Å². The molecule has 1 atom stereocenters. The van der Waals surface area contributed by atoms with Crippen molar-refractivity contribution in [1.29, 1.82) is 0 Å². The zero-order valence-electron chi connectivity index (χ0n) is 29.5. The Bertz CT molecular complexity index is 2550. The van der Waals surface area contributed by atoms with E-state index in [-0.39, 0.29) is 87.9 Å². The molecule has 3 heterocycles. The van der Waals surface area contributed by atoms with Crippen LogP contribution < -0.4 is 16.0 Å². The van der Waals surface area contributed by atoms with Gasteiger partial charge in [-0.25, -0.2) is 45.4 Å². The molecule has 0 aliphatic heterocycles. The van der Waals surface area contributed by atoms with Crippen LogP contribution in [0.3, 0.4) is 0 Å². The smallest absolute Gasteiger partial charge is 0.480 e. The van der Waals surface area contributed by atoms with Crippen LogP contribution in [0.15, 0.2) is 41.2 Å². The van der Waals surface area contributed by atoms with Gasteiger partial charge in [-0.1, -0.05) is 11.6 Å². The quantitative estimate of drug-likeness (QED) is 0.126. The first-order valence-corrected chi connectivity index (χ1v) is 18.8. The van der Waals surface area contributed by atoms with Crippen molar-refractivity contribution in [2.45, 2.75) is 69.6 Å². The fourth-order valence-electron chi connectivity index (χ4n) is 6.43. The van der Waals surface area contributed by atoms with Gasteiger partial charge in [0, 0.05) is 30.5 Å². The lowest BCUT2D eigenvalue weighted by molar-refractivity contribution is -0.192. The van der Waals surface area contributed by atoms with Gasteiger partial charge in [-0.05, 0) is 67.6 Å². The molecule has 0 radical (unpaired) electrons. The zero-order chi connectivity index (χ0) is 42.4. The maximum atomic E-state index is 14.6. The maximum absolute atomic E-state index is 14.6. The van der Waals surface area contributed by atoms with E-state index in [9.17, 15) is 53.8 Å². The molecule has 1 aliphatic carbocycles. The summed E-state index contributed by atoms with van der Waals surface area (Å²) in [6.45, 7) is 0.854. The van der Waals surface area contributed by atoms with Crippen molar-refractivity contribution in [3.05, 3.63) is 86.1 Å². The number of nitrogens with zero attached hydrogens (tertiary/aromatic N) is 5. The highest BCUT2D eigenvalue weighted by Gasteiger charge is 2.38. The molecular weight excluding hydrogens is 819 g/mol. The number of carbonyl (C=O) groups is 2. The Labute approximate surface area is 322 Å². The van der Waals surface area contributed by atoms with Crippen LogP contribution in [0.5, 0.6) is 0 Å². The van der Waals surface area contributed by atoms with Crippen molar-refractivity contribution in [1.82, 2.24) is 24.3 Å². The fourth-order valence-corrected chi connectivity index (χ4v) is 7.17. The number of carboxylic acids is 2. The van der Waals surface area contributed by atoms with E-state index >= 15 is 0 Å². The Hall–Kier alpha value is -5.35. The maximum Gasteiger partial charge on any atom is 0.490 e. The van der Waals surface area contributed by atoms with Gasteiger partial charge in [-0.15, -0.1) is 0 Å². The van der Waals surface area contributed by atoms with Gasteiger partial charge in [-0.2, -0.15) is 18.3 Å². The van der Waals surface area contributed by atoms with Gasteiger partial charge in [0.15, 0.2) is 11.5 Å². The minimum atomic E-state index is -5.08. The monoisotopic (exact) mass is 849 g/mol. The molecular formula is C34H31ClF7N7O7S. The summed E-state index contributed by atoms with van der Waals surface area (Å²) in [6.07, 6.45) is -4.76. The summed E-state index contributed by atoms with van der Waals surface area (Å²) in [4.78, 5) is 44.7. The van der Waals surface area contributed by atoms with Crippen LogP contribution in [-0.2, 0) is 32.6 Å². The third-order valence-electron chi connectivity index (χ3n) is 8.80. The van der Waals surface area contributed by atoms with Crippen molar-refractivity contribution < 1.29 is 59.0 Å². The average Bonchev–Trinajstić information content (AvgIpc) is 3.40. The molecule has 23 heteroatoms. The number of carboxylic acid groups (broad SMARTS) is 2. The van der Waals surface area contributed by atoms with Gasteiger partial charge in [0.25, 0.3) is 5.56 Å². The van der Waals surface area contributed by atoms with Crippen molar-refractivity contribution >= 4 is 61.3 Å². The molecule has 1 fully saturated rings. The topological polar surface area (TPSA) is 212 Å². The number of aromatic nitrogens is 5. The molecule has 0 spiro atoms. The lowest BCUT2D eigenvalue weighted by Gasteiger charge is -2.28. The number of hydrogen-bond donors (Lipinski definition) is 4. The summed E-state index contributed by atoms with van der Waals surface area (Å²) in [5.74, 6) is -9.40. The van der Waals surface area contributed by atoms with Crippen LogP contribution in [0.4, 0.5) is 36.6 Å². The van der Waals surface area contributed by atoms with Crippen LogP contribution in [0.25, 0.3) is 27.6 Å². The Kier molecular flexibility index (Phi) is 11.9. The standard InChI is InChI=1S/C32H30ClF4N7O5S.C2HF3O2/c1-15-9-22(17-5-7-32(36,37)8-6-17)39-28-25(15)31(47)44(30(40-28)21(38)12-16-10-18(34)13-19(35)11-16)23-4-3-20(33)26-27(23)43(14-24(45)46)41-29(26)42-50(2,48)49;3-2(4,5)1(6)7/h3-4,9-11,13,17,21H,5-8,12,14,38H2,1-2H3,(H,41,42)(H,45,46);(H,6,7)/t21-;/m0./s1. The summed E-state index contributed by atoms with van der Waals surface area (Å²) >= 11 is 6.52. The molecule has 1 saturated carbocycles. The van der Waals surface area contributed by atoms with Crippen molar-refractivity contribution in [2.75, 3.05) is 11.0 Å². The molecule has 5 aromatic rings. The van der Waals surface area contributed by atoms with Crippen molar-refractivity contribution in [3.8, 4) is 5.69 Å². The van der Waals surface area contributed by atoms with E-state index in [1.54, 1.807) is 13.0 Å². The number of hydrogen-bond acceptors (Lipinski definition) is 9. The second-order valence-corrected chi connectivity index (χ2v) is 15.4. The van der Waals surface area contributed by atoms with Gasteiger partial charge in [0.1, 0.15) is 24.0 Å². The van der Waals surface area contributed by atoms with E-state index in [2.05, 4.69) is 19.8 Å². The Morgan fingerprint density at radius 1 is 1.05 bits per heavy atom. The average molecular weight is 850 g/mol. The van der Waals surface area contributed by atoms with Gasteiger partial charge in [0.2, 0.25) is 15.9 Å². The first-order valence-electron chi connectivity index (χ1n) is 16.6. The second kappa shape index (κ2) is 15.9. The van der Waals surface area contributed by atoms with E-state index in [0.717, 1.165) is 27.6 Å². The van der Waals surface area contributed by atoms with Gasteiger partial charge in [-0.3, -0.25) is 18.9 Å². The molecule has 0 amide bonds. The number of sulfonamides is 1. The van der Waals surface area contributed by atoms with Crippen LogP contribution in [0.2, 0.25) is 5.02 Å². The number of alkyl halides is 5. The van der Waals surface area contributed by atoms with Crippen molar-refractivity contribution in [2.24, 2.45) is 5.73 Å². The third-order valence-corrected chi connectivity index (χ3v) is 9.68. The Morgan fingerprint density at radius 2 is 1.65 bits per heavy atom. The zero-order valence-corrected chi connectivity index (χ0v) is 31.1. The number of nitrogens with two attached hydrogens (primary N) is 1. The van der Waals surface area contributed by atoms with E-state index < -0.39 is 63.8 Å². The van der Waals surface area contributed by atoms with Crippen LogP contribution in [-0.4, -0.2) is 73.2 Å². The molecule has 14 nitrogen and oxygen atoms in total. The summed E-state index contributed by atoms with van der Waals surface area (Å²) in [7, 11) is -3.95. The third kappa shape index (κ3) is 9.79. The number of fused-ring (bicyclic) bond motifs is 2. The van der Waals surface area contributed by atoms with Crippen molar-refractivity contribution in [3.63, 3.8) is 0 Å². The predicted octanol–water partition coefficient (Wildman–Crippen LogP) is 6.00. The molecule has 3 aromatic heterocycles. The van der Waals surface area contributed by atoms with Crippen LogP contribution in [0, 0.1) is 18.6 Å². The Morgan fingerprint density at radius 3 is 2.19 bits per heavy atom. The SMILES string of the molecule is Cc1cc(C2CCC(F)(F)CC2)nc2nc([C@@H](N)Cc3cc(F)cc(F)c3)n(-c3ccc(Cl)c4c(NS(C)(=O)=O)nn(CC(=O)O)c34)c(=O)c12.O=C(O)C(F)(F)F. The highest BCUT2D eigenvalue weighted by Crippen LogP contribution is 2.41. The number of halogens is 8. The largest absolute Gasteiger partial charge is 0.490 e. The van der Waals surface area contributed by atoms with Gasteiger partial charge < -0.3 is 15.9 Å². The first-order chi connectivity index (χ1) is 26.3. The van der Waals surface area contributed by atoms with E-state index in [1.807, 2.05) is 0 Å². The van der Waals surface area contributed by atoms with Crippen LogP contribution in [0.1, 0.15) is 60.3 Å². The number of rotatable bonds is 9. The Balaban J connectivity index is 0.000000811. The molecule has 1 aliphatic rings. The van der Waals surface area contributed by atoms with E-state index in [0.29, 0.717) is 17.3 Å². The second-order valence-electron chi connectivity index (χ2n) is 13.3. The molecule has 57 heavy (non-hydrogen) atoms. The number of aryl methyl sites for hydroxylation is 1. The van der Waals surface area contributed by atoms with Gasteiger partial charge in [0.05, 0.1) is 39.3 Å². The summed E-state index contributed by atoms with van der Waals surface area (Å²) in [6, 6.07) is 5.95. The van der Waals surface area contributed by atoms with Crippen LogP contribution >= 0.6 is 11.6 Å². The molecule has 0 unspecified atom stereocenters. The van der Waals surface area contributed by atoms with E-state index in [4.69, 9.17) is 27.2 Å². The van der Waals surface area contributed by atoms with E-state index in [1.165, 1.54) is 12.1 Å². The molecule has 5 N–H and O–H groups in total. The molecule has 2 aromatic carbocycles. The fraction of sp³-hybridized carbons (Fsp3) is 0.353. The number of benzene rings is 2. The molecule has 6 rings (SSSR count). The molecule has 306 valence electrons. The number of pyridine rings is 1. The lowest BCUT2D eigenvalue weighted by Crippen LogP contribution is -2.31. The predicted molar refractivity (Wildman–Crippen MR) is 191 cm³/mol. The molecule has 0 bridgehead atoms. The molecule has 0 saturated heterocycles. The summed E-state index contributed by atoms with van der Waals surface area (Å²) in [5.41, 5.74) is 6.80. The lowest BCUT2D eigenvalue weighted by atomic mass is 9.84. The minimum absolute atomic E-state index is 0.0320. The summed E-state index contributed by atoms with van der Waals surface area (Å²) in [5, 5.41) is 20.9. The number of nitrogens with one attached hydrogen (secondary N) is 1. The minimum Gasteiger partial charge on any atom is -0.480 e. The number of aliphatic carboxylic acids is 2. The number of anilines is 1.